The topological polar surface area (TPSA) is 33.2 Å². The van der Waals surface area contributed by atoms with E-state index in [9.17, 15) is 4.79 Å². The van der Waals surface area contributed by atoms with Crippen LogP contribution in [0.1, 0.15) is 5.56 Å². The van der Waals surface area contributed by atoms with Crippen molar-refractivity contribution in [3.63, 3.8) is 0 Å². The van der Waals surface area contributed by atoms with E-state index in [-0.39, 0.29) is 5.91 Å². The summed E-state index contributed by atoms with van der Waals surface area (Å²) in [5.74, 6) is -0.0575. The number of pyridine rings is 1. The van der Waals surface area contributed by atoms with Gasteiger partial charge in [-0.2, -0.15) is 0 Å². The van der Waals surface area contributed by atoms with Crippen LogP contribution in [-0.4, -0.2) is 29.9 Å². The first-order chi connectivity index (χ1) is 6.59. The van der Waals surface area contributed by atoms with Crippen LogP contribution >= 0.6 is 11.6 Å². The zero-order chi connectivity index (χ0) is 10.6. The van der Waals surface area contributed by atoms with Crippen molar-refractivity contribution in [3.05, 3.63) is 35.1 Å². The largest absolute Gasteiger partial charge is 0.345 e. The van der Waals surface area contributed by atoms with Gasteiger partial charge in [0, 0.05) is 26.4 Å². The van der Waals surface area contributed by atoms with Crippen molar-refractivity contribution < 1.29 is 4.79 Å². The monoisotopic (exact) mass is 210 g/mol. The van der Waals surface area contributed by atoms with Crippen LogP contribution in [0, 0.1) is 0 Å². The zero-order valence-corrected chi connectivity index (χ0v) is 8.82. The Morgan fingerprint density at radius 2 is 2.29 bits per heavy atom. The van der Waals surface area contributed by atoms with Gasteiger partial charge in [0.2, 0.25) is 5.91 Å². The van der Waals surface area contributed by atoms with E-state index in [4.69, 9.17) is 11.6 Å². The second-order valence-corrected chi connectivity index (χ2v) is 3.37. The number of likely N-dealkylation sites (N-methyl/N-ethyl adjacent to an activating group) is 1. The van der Waals surface area contributed by atoms with Gasteiger partial charge in [0.25, 0.3) is 0 Å². The molecule has 0 bridgehead atoms. The maximum absolute atomic E-state index is 11.2. The van der Waals surface area contributed by atoms with Crippen LogP contribution in [0.2, 0.25) is 5.15 Å². The molecule has 0 aliphatic heterocycles. The summed E-state index contributed by atoms with van der Waals surface area (Å²) in [6.45, 7) is 0. The number of carbonyl (C=O) groups is 1. The fourth-order valence-electron chi connectivity index (χ4n) is 0.838. The molecule has 0 spiro atoms. The van der Waals surface area contributed by atoms with E-state index in [1.165, 1.54) is 11.0 Å². The molecule has 1 rings (SSSR count). The SMILES string of the molecule is CN(C)C(=O)/C=C/c1ccnc(Cl)c1. The fourth-order valence-corrected chi connectivity index (χ4v) is 1.02. The molecule has 0 atom stereocenters. The van der Waals surface area contributed by atoms with Crippen LogP contribution in [-0.2, 0) is 4.79 Å². The van der Waals surface area contributed by atoms with Crippen LogP contribution in [0.3, 0.4) is 0 Å². The normalized spacial score (nSPS) is 10.5. The van der Waals surface area contributed by atoms with E-state index < -0.39 is 0 Å². The van der Waals surface area contributed by atoms with Crippen LogP contribution in [0.4, 0.5) is 0 Å². The molecule has 1 heterocycles. The third-order valence-corrected chi connectivity index (χ3v) is 1.82. The number of hydrogen-bond acceptors (Lipinski definition) is 2. The molecule has 0 aliphatic rings. The summed E-state index contributed by atoms with van der Waals surface area (Å²) in [6.07, 6.45) is 4.80. The minimum atomic E-state index is -0.0575. The van der Waals surface area contributed by atoms with Crippen molar-refractivity contribution in [2.24, 2.45) is 0 Å². The number of halogens is 1. The van der Waals surface area contributed by atoms with E-state index in [0.29, 0.717) is 5.15 Å². The zero-order valence-electron chi connectivity index (χ0n) is 8.07. The van der Waals surface area contributed by atoms with E-state index >= 15 is 0 Å². The first-order valence-electron chi connectivity index (χ1n) is 4.10. The molecule has 1 aromatic rings. The molecule has 0 fully saturated rings. The predicted molar refractivity (Wildman–Crippen MR) is 57.0 cm³/mol. The summed E-state index contributed by atoms with van der Waals surface area (Å²) < 4.78 is 0. The number of aromatic nitrogens is 1. The Labute approximate surface area is 88.0 Å². The predicted octanol–water partition coefficient (Wildman–Crippen LogP) is 1.84. The lowest BCUT2D eigenvalue weighted by Gasteiger charge is -2.04. The van der Waals surface area contributed by atoms with Gasteiger partial charge >= 0.3 is 0 Å². The van der Waals surface area contributed by atoms with E-state index in [2.05, 4.69) is 4.98 Å². The molecule has 0 unspecified atom stereocenters. The molecule has 0 N–H and O–H groups in total. The smallest absolute Gasteiger partial charge is 0.246 e. The number of amides is 1. The highest BCUT2D eigenvalue weighted by atomic mass is 35.5. The maximum Gasteiger partial charge on any atom is 0.246 e. The third-order valence-electron chi connectivity index (χ3n) is 1.61. The van der Waals surface area contributed by atoms with Gasteiger partial charge < -0.3 is 4.90 Å². The first kappa shape index (κ1) is 10.7. The summed E-state index contributed by atoms with van der Waals surface area (Å²) in [5.41, 5.74) is 0.861. The van der Waals surface area contributed by atoms with Gasteiger partial charge in [-0.3, -0.25) is 4.79 Å². The quantitative estimate of drug-likeness (QED) is 0.551. The second-order valence-electron chi connectivity index (χ2n) is 2.98. The Morgan fingerprint density at radius 3 is 2.86 bits per heavy atom. The average Bonchev–Trinajstić information content (AvgIpc) is 2.14. The summed E-state index contributed by atoms with van der Waals surface area (Å²) >= 11 is 5.68. The molecule has 3 nitrogen and oxygen atoms in total. The Kier molecular flexibility index (Phi) is 3.65. The Hall–Kier alpha value is -1.35. The minimum absolute atomic E-state index is 0.0575. The summed E-state index contributed by atoms with van der Waals surface area (Å²) in [7, 11) is 3.40. The molecule has 0 aromatic carbocycles. The lowest BCUT2D eigenvalue weighted by molar-refractivity contribution is -0.123. The molecule has 0 saturated heterocycles. The molecule has 1 amide bonds. The molecule has 0 aliphatic carbocycles. The summed E-state index contributed by atoms with van der Waals surface area (Å²) in [6, 6.07) is 3.48. The van der Waals surface area contributed by atoms with Gasteiger partial charge in [-0.15, -0.1) is 0 Å². The van der Waals surface area contributed by atoms with E-state index in [1.807, 2.05) is 0 Å². The molecule has 1 aromatic heterocycles. The molecule has 4 heteroatoms. The lowest BCUT2D eigenvalue weighted by atomic mass is 10.2. The van der Waals surface area contributed by atoms with E-state index in [0.717, 1.165) is 5.56 Å². The summed E-state index contributed by atoms with van der Waals surface area (Å²) in [4.78, 5) is 16.5. The third kappa shape index (κ3) is 3.18. The summed E-state index contributed by atoms with van der Waals surface area (Å²) in [5, 5.41) is 0.421. The van der Waals surface area contributed by atoms with E-state index in [1.54, 1.807) is 38.5 Å². The van der Waals surface area contributed by atoms with Crippen molar-refractivity contribution in [1.29, 1.82) is 0 Å². The second kappa shape index (κ2) is 4.77. The number of nitrogens with zero attached hydrogens (tertiary/aromatic N) is 2. The molecule has 14 heavy (non-hydrogen) atoms. The van der Waals surface area contributed by atoms with Crippen LogP contribution in [0.5, 0.6) is 0 Å². The van der Waals surface area contributed by atoms with Crippen LogP contribution in [0.15, 0.2) is 24.4 Å². The van der Waals surface area contributed by atoms with Crippen LogP contribution < -0.4 is 0 Å². The van der Waals surface area contributed by atoms with Crippen molar-refractivity contribution in [2.75, 3.05) is 14.1 Å². The molecular formula is C10H11ClN2O. The van der Waals surface area contributed by atoms with Gasteiger partial charge in [-0.05, 0) is 23.8 Å². The highest BCUT2D eigenvalue weighted by Gasteiger charge is 1.97. The van der Waals surface area contributed by atoms with Gasteiger partial charge in [0.1, 0.15) is 5.15 Å². The van der Waals surface area contributed by atoms with Gasteiger partial charge in [0.15, 0.2) is 0 Å². The Bertz CT molecular complexity index is 361. The standard InChI is InChI=1S/C10H11ClN2O/c1-13(2)10(14)4-3-8-5-6-12-9(11)7-8/h3-7H,1-2H3/b4-3+. The molecule has 74 valence electrons. The van der Waals surface area contributed by atoms with Crippen LogP contribution in [0.25, 0.3) is 6.08 Å². The fraction of sp³-hybridized carbons (Fsp3) is 0.200. The number of hydrogen-bond donors (Lipinski definition) is 0. The Morgan fingerprint density at radius 1 is 1.57 bits per heavy atom. The lowest BCUT2D eigenvalue weighted by Crippen LogP contribution is -2.18. The molecule has 0 radical (unpaired) electrons. The number of carbonyl (C=O) groups excluding carboxylic acids is 1. The molecular weight excluding hydrogens is 200 g/mol. The average molecular weight is 211 g/mol. The Balaban J connectivity index is 2.74. The first-order valence-corrected chi connectivity index (χ1v) is 4.48. The number of rotatable bonds is 2. The molecule has 0 saturated carbocycles. The van der Waals surface area contributed by atoms with Gasteiger partial charge in [0.05, 0.1) is 0 Å². The van der Waals surface area contributed by atoms with Crippen molar-refractivity contribution in [3.8, 4) is 0 Å². The van der Waals surface area contributed by atoms with Crippen molar-refractivity contribution >= 4 is 23.6 Å². The highest BCUT2D eigenvalue weighted by Crippen LogP contribution is 2.08. The highest BCUT2D eigenvalue weighted by molar-refractivity contribution is 6.29. The van der Waals surface area contributed by atoms with Crippen molar-refractivity contribution in [1.82, 2.24) is 9.88 Å². The minimum Gasteiger partial charge on any atom is -0.345 e. The maximum atomic E-state index is 11.2. The van der Waals surface area contributed by atoms with Gasteiger partial charge in [-0.1, -0.05) is 11.6 Å². The van der Waals surface area contributed by atoms with Crippen molar-refractivity contribution in [2.45, 2.75) is 0 Å². The van der Waals surface area contributed by atoms with Gasteiger partial charge in [-0.25, -0.2) is 4.98 Å².